The number of rotatable bonds is 5. The van der Waals surface area contributed by atoms with E-state index in [4.69, 9.17) is 4.42 Å². The number of hydrogen-bond donors (Lipinski definition) is 3. The van der Waals surface area contributed by atoms with Crippen molar-refractivity contribution >= 4 is 33.9 Å². The Morgan fingerprint density at radius 2 is 2.13 bits per heavy atom. The lowest BCUT2D eigenvalue weighted by Crippen LogP contribution is -2.44. The Bertz CT molecular complexity index is 1200. The van der Waals surface area contributed by atoms with E-state index < -0.39 is 28.4 Å². The van der Waals surface area contributed by atoms with Crippen molar-refractivity contribution in [2.75, 3.05) is 6.54 Å². The maximum Gasteiger partial charge on any atom is 0.322 e. The molecule has 8 nitrogen and oxygen atoms in total. The molecule has 3 unspecified atom stereocenters. The number of pyridine rings is 1. The highest BCUT2D eigenvalue weighted by atomic mass is 32.2. The summed E-state index contributed by atoms with van der Waals surface area (Å²) in [6.07, 6.45) is 3.06. The largest absolute Gasteiger partial charge is 0.454 e. The summed E-state index contributed by atoms with van der Waals surface area (Å²) < 4.78 is 35.8. The normalized spacial score (nSPS) is 24.0. The van der Waals surface area contributed by atoms with Crippen LogP contribution in [0.2, 0.25) is 0 Å². The van der Waals surface area contributed by atoms with Crippen LogP contribution in [0.5, 0.6) is 0 Å². The third-order valence-corrected chi connectivity index (χ3v) is 6.90. The highest BCUT2D eigenvalue weighted by Gasteiger charge is 2.50. The van der Waals surface area contributed by atoms with Crippen molar-refractivity contribution in [1.29, 1.82) is 0 Å². The molecule has 1 spiro atoms. The summed E-state index contributed by atoms with van der Waals surface area (Å²) in [7, 11) is -1.67. The molecule has 2 fully saturated rings. The van der Waals surface area contributed by atoms with Gasteiger partial charge in [-0.05, 0) is 43.4 Å². The fraction of sp³-hybridized carbons (Fsp3) is 0.286. The van der Waals surface area contributed by atoms with E-state index in [-0.39, 0.29) is 22.4 Å². The van der Waals surface area contributed by atoms with Crippen LogP contribution in [0.1, 0.15) is 19.3 Å². The number of urea groups is 1. The standard InChI is InChI=1S/C21H19FN4O4S/c22-15-8-14(11-23-18(15)17-7-13-3-1-2-4-16(13)30-17)31(29)24-10-12-5-6-21(9-12)19(27)25-20(28)26-21/h1-4,7-8,11-12,24H,5-6,9-10H2,(H2,25,26,27,28). The Morgan fingerprint density at radius 1 is 1.29 bits per heavy atom. The van der Waals surface area contributed by atoms with Crippen molar-refractivity contribution in [1.82, 2.24) is 20.3 Å². The maximum absolute atomic E-state index is 14.7. The van der Waals surface area contributed by atoms with E-state index in [0.29, 0.717) is 37.2 Å². The molecule has 31 heavy (non-hydrogen) atoms. The van der Waals surface area contributed by atoms with Crippen molar-refractivity contribution in [3.8, 4) is 11.5 Å². The van der Waals surface area contributed by atoms with Crippen molar-refractivity contribution < 1.29 is 22.6 Å². The molecule has 1 aromatic carbocycles. The van der Waals surface area contributed by atoms with Crippen LogP contribution in [0.4, 0.5) is 9.18 Å². The first kappa shape index (κ1) is 19.8. The molecule has 3 amide bonds. The van der Waals surface area contributed by atoms with E-state index in [1.54, 1.807) is 12.1 Å². The third kappa shape index (κ3) is 3.61. The topological polar surface area (TPSA) is 113 Å². The van der Waals surface area contributed by atoms with Gasteiger partial charge in [0.05, 0.1) is 4.90 Å². The number of para-hydroxylation sites is 1. The van der Waals surface area contributed by atoms with Crippen molar-refractivity contribution in [2.45, 2.75) is 29.7 Å². The highest BCUT2D eigenvalue weighted by molar-refractivity contribution is 7.83. The summed E-state index contributed by atoms with van der Waals surface area (Å²) in [5, 5.41) is 5.80. The van der Waals surface area contributed by atoms with Crippen LogP contribution >= 0.6 is 0 Å². The van der Waals surface area contributed by atoms with Gasteiger partial charge in [-0.25, -0.2) is 23.1 Å². The van der Waals surface area contributed by atoms with Crippen LogP contribution in [0, 0.1) is 11.7 Å². The SMILES string of the molecule is O=C1NC(=O)C2(CCC(CNS(=O)c3cnc(-c4cc5ccccc5o4)c(F)c3)C2)N1. The summed E-state index contributed by atoms with van der Waals surface area (Å²) in [6.45, 7) is 0.366. The van der Waals surface area contributed by atoms with Gasteiger partial charge in [-0.2, -0.15) is 0 Å². The van der Waals surface area contributed by atoms with Crippen molar-refractivity contribution in [3.63, 3.8) is 0 Å². The molecule has 0 bridgehead atoms. The maximum atomic E-state index is 14.7. The Balaban J connectivity index is 1.25. The molecule has 0 radical (unpaired) electrons. The fourth-order valence-corrected chi connectivity index (χ4v) is 5.16. The number of aromatic nitrogens is 1. The zero-order valence-electron chi connectivity index (χ0n) is 16.3. The van der Waals surface area contributed by atoms with E-state index in [2.05, 4.69) is 20.3 Å². The number of furan rings is 1. The number of amides is 3. The number of benzene rings is 1. The van der Waals surface area contributed by atoms with Gasteiger partial charge in [-0.15, -0.1) is 0 Å². The van der Waals surface area contributed by atoms with Gasteiger partial charge < -0.3 is 9.73 Å². The second-order valence-electron chi connectivity index (χ2n) is 7.87. The van der Waals surface area contributed by atoms with E-state index in [1.165, 1.54) is 12.3 Å². The first-order valence-electron chi connectivity index (χ1n) is 9.87. The molecule has 3 aromatic rings. The van der Waals surface area contributed by atoms with Gasteiger partial charge >= 0.3 is 6.03 Å². The molecule has 5 rings (SSSR count). The second-order valence-corrected chi connectivity index (χ2v) is 9.16. The number of carbonyl (C=O) groups excluding carboxylic acids is 2. The van der Waals surface area contributed by atoms with Crippen LogP contribution in [0.25, 0.3) is 22.4 Å². The predicted octanol–water partition coefficient (Wildman–Crippen LogP) is 2.62. The van der Waals surface area contributed by atoms with E-state index in [0.717, 1.165) is 5.39 Å². The quantitative estimate of drug-likeness (QED) is 0.526. The van der Waals surface area contributed by atoms with Crippen molar-refractivity contribution in [2.24, 2.45) is 5.92 Å². The fourth-order valence-electron chi connectivity index (χ4n) is 4.25. The van der Waals surface area contributed by atoms with E-state index >= 15 is 0 Å². The molecular formula is C21H19FN4O4S. The number of carbonyl (C=O) groups is 2. The van der Waals surface area contributed by atoms with E-state index in [1.807, 2.05) is 18.2 Å². The van der Waals surface area contributed by atoms with Crippen LogP contribution in [0.15, 0.2) is 51.9 Å². The molecule has 1 aliphatic carbocycles. The molecule has 10 heteroatoms. The van der Waals surface area contributed by atoms with Gasteiger partial charge in [-0.1, -0.05) is 18.2 Å². The van der Waals surface area contributed by atoms with Crippen LogP contribution < -0.4 is 15.4 Å². The lowest BCUT2D eigenvalue weighted by atomic mass is 9.96. The first-order chi connectivity index (χ1) is 14.9. The lowest BCUT2D eigenvalue weighted by molar-refractivity contribution is -0.123. The minimum Gasteiger partial charge on any atom is -0.454 e. The predicted molar refractivity (Wildman–Crippen MR) is 111 cm³/mol. The number of imide groups is 1. The molecule has 2 aliphatic rings. The average Bonchev–Trinajstić information content (AvgIpc) is 3.43. The minimum atomic E-state index is -1.67. The van der Waals surface area contributed by atoms with Gasteiger partial charge in [-0.3, -0.25) is 10.1 Å². The molecule has 1 saturated heterocycles. The van der Waals surface area contributed by atoms with Gasteiger partial charge in [0.25, 0.3) is 5.91 Å². The third-order valence-electron chi connectivity index (χ3n) is 5.82. The lowest BCUT2D eigenvalue weighted by Gasteiger charge is -2.19. The number of fused-ring (bicyclic) bond motifs is 1. The van der Waals surface area contributed by atoms with Crippen LogP contribution in [0.3, 0.4) is 0 Å². The Morgan fingerprint density at radius 3 is 2.87 bits per heavy atom. The Kier molecular flexibility index (Phi) is 4.82. The Hall–Kier alpha value is -3.11. The van der Waals surface area contributed by atoms with Gasteiger partial charge in [0.15, 0.2) is 11.6 Å². The van der Waals surface area contributed by atoms with E-state index in [9.17, 15) is 18.2 Å². The zero-order chi connectivity index (χ0) is 21.6. The molecule has 2 aromatic heterocycles. The minimum absolute atomic E-state index is 0.0534. The van der Waals surface area contributed by atoms with Gasteiger partial charge in [0, 0.05) is 18.1 Å². The Labute approximate surface area is 179 Å². The van der Waals surface area contributed by atoms with Gasteiger partial charge in [0.2, 0.25) is 0 Å². The monoisotopic (exact) mass is 442 g/mol. The summed E-state index contributed by atoms with van der Waals surface area (Å²) >= 11 is 0. The highest BCUT2D eigenvalue weighted by Crippen LogP contribution is 2.36. The van der Waals surface area contributed by atoms with Crippen molar-refractivity contribution in [3.05, 3.63) is 48.4 Å². The zero-order valence-corrected chi connectivity index (χ0v) is 17.1. The van der Waals surface area contributed by atoms with Gasteiger partial charge in [0.1, 0.15) is 27.8 Å². The molecule has 3 N–H and O–H groups in total. The van der Waals surface area contributed by atoms with Crippen LogP contribution in [-0.2, 0) is 15.8 Å². The smallest absolute Gasteiger partial charge is 0.322 e. The average molecular weight is 442 g/mol. The number of nitrogens with zero attached hydrogens (tertiary/aromatic N) is 1. The summed E-state index contributed by atoms with van der Waals surface area (Å²) in [4.78, 5) is 27.8. The summed E-state index contributed by atoms with van der Waals surface area (Å²) in [5.41, 5.74) is -0.181. The molecule has 1 saturated carbocycles. The molecule has 1 aliphatic heterocycles. The number of halogens is 1. The summed E-state index contributed by atoms with van der Waals surface area (Å²) in [6, 6.07) is 9.76. The molecule has 3 atom stereocenters. The number of nitrogens with one attached hydrogen (secondary N) is 3. The molecule has 160 valence electrons. The first-order valence-corrected chi connectivity index (χ1v) is 11.0. The summed E-state index contributed by atoms with van der Waals surface area (Å²) in [5.74, 6) is -0.580. The molecular weight excluding hydrogens is 423 g/mol. The van der Waals surface area contributed by atoms with Crippen LogP contribution in [-0.4, -0.2) is 33.2 Å². The second kappa shape index (κ2) is 7.54. The number of hydrogen-bond acceptors (Lipinski definition) is 5. The molecule has 3 heterocycles.